The summed E-state index contributed by atoms with van der Waals surface area (Å²) in [5.41, 5.74) is 0. The van der Waals surface area contributed by atoms with Crippen LogP contribution in [-0.4, -0.2) is 24.9 Å². The van der Waals surface area contributed by atoms with Crippen molar-refractivity contribution < 1.29 is 9.59 Å². The average molecular weight is 228 g/mol. The van der Waals surface area contributed by atoms with Gasteiger partial charge < -0.3 is 10.6 Å². The molecule has 0 aromatic heterocycles. The molecule has 0 atom stereocenters. The van der Waals surface area contributed by atoms with Gasteiger partial charge in [0.2, 0.25) is 0 Å². The Hall–Kier alpha value is -1.06. The number of rotatable bonds is 8. The maximum absolute atomic E-state index is 11.2. The van der Waals surface area contributed by atoms with Crippen molar-refractivity contribution in [2.24, 2.45) is 0 Å². The predicted octanol–water partition coefficient (Wildman–Crippen LogP) is 1.60. The molecule has 2 N–H and O–H groups in total. The van der Waals surface area contributed by atoms with Crippen LogP contribution < -0.4 is 10.6 Å². The van der Waals surface area contributed by atoms with Gasteiger partial charge in [-0.2, -0.15) is 0 Å². The van der Waals surface area contributed by atoms with Crippen molar-refractivity contribution in [3.63, 3.8) is 0 Å². The first-order valence-electron chi connectivity index (χ1n) is 6.28. The third-order valence-electron chi connectivity index (χ3n) is 2.34. The van der Waals surface area contributed by atoms with Crippen molar-refractivity contribution in [2.45, 2.75) is 52.4 Å². The Kier molecular flexibility index (Phi) is 9.76. The van der Waals surface area contributed by atoms with Gasteiger partial charge in [0, 0.05) is 13.1 Å². The third-order valence-corrected chi connectivity index (χ3v) is 2.34. The van der Waals surface area contributed by atoms with Gasteiger partial charge in [-0.3, -0.25) is 9.59 Å². The lowest BCUT2D eigenvalue weighted by Gasteiger charge is -2.05. The SMILES string of the molecule is CCCCCNC(=O)C(=O)NCCCCC. The van der Waals surface area contributed by atoms with Crippen molar-refractivity contribution in [1.29, 1.82) is 0 Å². The van der Waals surface area contributed by atoms with Crippen LogP contribution in [0, 0.1) is 0 Å². The molecule has 0 heterocycles. The molecule has 0 saturated carbocycles. The van der Waals surface area contributed by atoms with Gasteiger partial charge in [0.25, 0.3) is 0 Å². The van der Waals surface area contributed by atoms with Crippen LogP contribution in [0.1, 0.15) is 52.4 Å². The lowest BCUT2D eigenvalue weighted by atomic mass is 10.2. The molecule has 2 amide bonds. The van der Waals surface area contributed by atoms with Crippen LogP contribution >= 0.6 is 0 Å². The van der Waals surface area contributed by atoms with E-state index in [1.807, 2.05) is 0 Å². The van der Waals surface area contributed by atoms with Gasteiger partial charge in [-0.25, -0.2) is 0 Å². The number of amides is 2. The number of hydrogen-bond acceptors (Lipinski definition) is 2. The molecule has 0 bridgehead atoms. The number of carbonyl (C=O) groups excluding carboxylic acids is 2. The van der Waals surface area contributed by atoms with Crippen LogP contribution in [0.25, 0.3) is 0 Å². The van der Waals surface area contributed by atoms with E-state index in [-0.39, 0.29) is 0 Å². The summed E-state index contributed by atoms with van der Waals surface area (Å²) in [5, 5.41) is 5.21. The molecule has 0 aliphatic carbocycles. The number of nitrogens with one attached hydrogen (secondary N) is 2. The van der Waals surface area contributed by atoms with Gasteiger partial charge in [-0.05, 0) is 12.8 Å². The van der Waals surface area contributed by atoms with Crippen molar-refractivity contribution in [3.05, 3.63) is 0 Å². The van der Waals surface area contributed by atoms with Gasteiger partial charge in [-0.1, -0.05) is 39.5 Å². The summed E-state index contributed by atoms with van der Waals surface area (Å²) in [6.07, 6.45) is 6.26. The van der Waals surface area contributed by atoms with Gasteiger partial charge in [0.15, 0.2) is 0 Å². The fourth-order valence-electron chi connectivity index (χ4n) is 1.31. The van der Waals surface area contributed by atoms with E-state index in [9.17, 15) is 9.59 Å². The highest BCUT2D eigenvalue weighted by Gasteiger charge is 2.10. The van der Waals surface area contributed by atoms with Crippen LogP contribution in [0.3, 0.4) is 0 Å². The average Bonchev–Trinajstić information content (AvgIpc) is 2.29. The predicted molar refractivity (Wildman–Crippen MR) is 65.1 cm³/mol. The van der Waals surface area contributed by atoms with Crippen molar-refractivity contribution in [1.82, 2.24) is 10.6 Å². The fourth-order valence-corrected chi connectivity index (χ4v) is 1.31. The van der Waals surface area contributed by atoms with Gasteiger partial charge in [0.1, 0.15) is 0 Å². The normalized spacial score (nSPS) is 9.88. The van der Waals surface area contributed by atoms with Gasteiger partial charge in [0.05, 0.1) is 0 Å². The minimum atomic E-state index is -0.507. The molecule has 0 aromatic carbocycles. The van der Waals surface area contributed by atoms with Gasteiger partial charge >= 0.3 is 11.8 Å². The molecule has 4 heteroatoms. The molecule has 94 valence electrons. The smallest absolute Gasteiger partial charge is 0.309 e. The van der Waals surface area contributed by atoms with Crippen molar-refractivity contribution in [2.75, 3.05) is 13.1 Å². The molecule has 0 saturated heterocycles. The number of unbranched alkanes of at least 4 members (excludes halogenated alkanes) is 4. The Morgan fingerprint density at radius 1 is 0.750 bits per heavy atom. The van der Waals surface area contributed by atoms with E-state index < -0.39 is 11.8 Å². The quantitative estimate of drug-likeness (QED) is 0.490. The highest BCUT2D eigenvalue weighted by Crippen LogP contribution is 1.92. The Morgan fingerprint density at radius 3 is 1.44 bits per heavy atom. The lowest BCUT2D eigenvalue weighted by molar-refractivity contribution is -0.139. The Bertz CT molecular complexity index is 183. The molecule has 0 radical (unpaired) electrons. The molecular weight excluding hydrogens is 204 g/mol. The minimum Gasteiger partial charge on any atom is -0.348 e. The van der Waals surface area contributed by atoms with Crippen molar-refractivity contribution in [3.8, 4) is 0 Å². The number of carbonyl (C=O) groups is 2. The second-order valence-corrected chi connectivity index (χ2v) is 3.93. The Morgan fingerprint density at radius 2 is 1.12 bits per heavy atom. The molecule has 0 fully saturated rings. The first kappa shape index (κ1) is 14.9. The molecule has 4 nitrogen and oxygen atoms in total. The second-order valence-electron chi connectivity index (χ2n) is 3.93. The van der Waals surface area contributed by atoms with E-state index in [1.54, 1.807) is 0 Å². The van der Waals surface area contributed by atoms with E-state index in [1.165, 1.54) is 0 Å². The van der Waals surface area contributed by atoms with Crippen molar-refractivity contribution >= 4 is 11.8 Å². The van der Waals surface area contributed by atoms with Crippen LogP contribution in [0.4, 0.5) is 0 Å². The highest BCUT2D eigenvalue weighted by atomic mass is 16.2. The maximum Gasteiger partial charge on any atom is 0.309 e. The van der Waals surface area contributed by atoms with E-state index in [4.69, 9.17) is 0 Å². The highest BCUT2D eigenvalue weighted by molar-refractivity contribution is 6.35. The molecule has 0 aliphatic heterocycles. The van der Waals surface area contributed by atoms with E-state index in [0.29, 0.717) is 13.1 Å². The second kappa shape index (κ2) is 10.5. The zero-order valence-electron chi connectivity index (χ0n) is 10.5. The first-order chi connectivity index (χ1) is 7.72. The molecule has 0 unspecified atom stereocenters. The zero-order valence-corrected chi connectivity index (χ0v) is 10.5. The largest absolute Gasteiger partial charge is 0.348 e. The Labute approximate surface area is 98.2 Å². The van der Waals surface area contributed by atoms with Crippen LogP contribution in [-0.2, 0) is 9.59 Å². The van der Waals surface area contributed by atoms with Crippen LogP contribution in [0.15, 0.2) is 0 Å². The summed E-state index contributed by atoms with van der Waals surface area (Å²) in [6.45, 7) is 5.38. The Balaban J connectivity index is 3.46. The first-order valence-corrected chi connectivity index (χ1v) is 6.28. The third kappa shape index (κ3) is 8.26. The molecular formula is C12H24N2O2. The van der Waals surface area contributed by atoms with Crippen LogP contribution in [0.5, 0.6) is 0 Å². The number of hydrogen-bond donors (Lipinski definition) is 2. The maximum atomic E-state index is 11.2. The van der Waals surface area contributed by atoms with E-state index >= 15 is 0 Å². The van der Waals surface area contributed by atoms with Gasteiger partial charge in [-0.15, -0.1) is 0 Å². The molecule has 16 heavy (non-hydrogen) atoms. The molecule has 0 spiro atoms. The summed E-state index contributed by atoms with van der Waals surface area (Å²) in [5.74, 6) is -1.01. The standard InChI is InChI=1S/C12H24N2O2/c1-3-5-7-9-13-11(15)12(16)14-10-8-6-4-2/h3-10H2,1-2H3,(H,13,15)(H,14,16). The van der Waals surface area contributed by atoms with Crippen LogP contribution in [0.2, 0.25) is 0 Å². The summed E-state index contributed by atoms with van der Waals surface area (Å²) in [7, 11) is 0. The molecule has 0 aromatic rings. The summed E-state index contributed by atoms with van der Waals surface area (Å²) < 4.78 is 0. The molecule has 0 aliphatic rings. The zero-order chi connectivity index (χ0) is 12.2. The minimum absolute atomic E-state index is 0.507. The summed E-state index contributed by atoms with van der Waals surface area (Å²) in [4.78, 5) is 22.5. The van der Waals surface area contributed by atoms with E-state index in [2.05, 4.69) is 24.5 Å². The molecule has 0 rings (SSSR count). The fraction of sp³-hybridized carbons (Fsp3) is 0.833. The lowest BCUT2D eigenvalue weighted by Crippen LogP contribution is -2.40. The van der Waals surface area contributed by atoms with E-state index in [0.717, 1.165) is 38.5 Å². The topological polar surface area (TPSA) is 58.2 Å². The summed E-state index contributed by atoms with van der Waals surface area (Å²) in [6, 6.07) is 0. The summed E-state index contributed by atoms with van der Waals surface area (Å²) >= 11 is 0. The monoisotopic (exact) mass is 228 g/mol.